The second-order valence-electron chi connectivity index (χ2n) is 4.40. The maximum absolute atomic E-state index is 12.0. The number of halogens is 2. The van der Waals surface area contributed by atoms with E-state index in [4.69, 9.17) is 27.9 Å². The molecule has 1 unspecified atom stereocenters. The van der Waals surface area contributed by atoms with Crippen molar-refractivity contribution >= 4 is 34.8 Å². The summed E-state index contributed by atoms with van der Waals surface area (Å²) in [5, 5.41) is 2.79. The summed E-state index contributed by atoms with van der Waals surface area (Å²) in [6.07, 6.45) is 0.477. The molecule has 0 spiro atoms. The van der Waals surface area contributed by atoms with Crippen molar-refractivity contribution in [1.29, 1.82) is 0 Å². The van der Waals surface area contributed by atoms with Crippen molar-refractivity contribution in [3.05, 3.63) is 24.3 Å². The van der Waals surface area contributed by atoms with E-state index < -0.39 is 9.75 Å². The van der Waals surface area contributed by atoms with Crippen LogP contribution in [0.4, 0.5) is 5.69 Å². The molecule has 1 aromatic carbocycles. The van der Waals surface area contributed by atoms with Gasteiger partial charge in [-0.2, -0.15) is 0 Å². The van der Waals surface area contributed by atoms with Gasteiger partial charge >= 0.3 is 0 Å². The van der Waals surface area contributed by atoms with Gasteiger partial charge in [-0.25, -0.2) is 0 Å². The van der Waals surface area contributed by atoms with E-state index in [1.807, 2.05) is 0 Å². The Hall–Kier alpha value is -0.930. The van der Waals surface area contributed by atoms with Crippen LogP contribution in [-0.4, -0.2) is 17.4 Å². The SMILES string of the molecule is COc1ccc(NC(=O)C2(C)CC2(Cl)Cl)cc1. The summed E-state index contributed by atoms with van der Waals surface area (Å²) in [5.41, 5.74) is 0.00353. The second kappa shape index (κ2) is 4.07. The topological polar surface area (TPSA) is 38.3 Å². The lowest BCUT2D eigenvalue weighted by atomic mass is 10.1. The number of nitrogens with one attached hydrogen (secondary N) is 1. The van der Waals surface area contributed by atoms with Gasteiger partial charge in [-0.3, -0.25) is 4.79 Å². The number of alkyl halides is 2. The van der Waals surface area contributed by atoms with E-state index in [2.05, 4.69) is 5.32 Å². The van der Waals surface area contributed by atoms with E-state index in [1.165, 1.54) is 0 Å². The van der Waals surface area contributed by atoms with Crippen LogP contribution >= 0.6 is 23.2 Å². The number of carbonyl (C=O) groups excluding carboxylic acids is 1. The standard InChI is InChI=1S/C12H13Cl2NO2/c1-11(7-12(11,13)14)10(16)15-8-3-5-9(17-2)6-4-8/h3-6H,7H2,1-2H3,(H,15,16). The Labute approximate surface area is 110 Å². The van der Waals surface area contributed by atoms with Crippen LogP contribution in [0.2, 0.25) is 0 Å². The molecule has 0 bridgehead atoms. The number of hydrogen-bond donors (Lipinski definition) is 1. The lowest BCUT2D eigenvalue weighted by Gasteiger charge is -2.12. The van der Waals surface area contributed by atoms with Crippen molar-refractivity contribution < 1.29 is 9.53 Å². The number of carbonyl (C=O) groups is 1. The van der Waals surface area contributed by atoms with Crippen LogP contribution in [0.1, 0.15) is 13.3 Å². The first-order valence-electron chi connectivity index (χ1n) is 5.22. The van der Waals surface area contributed by atoms with Gasteiger partial charge in [0.15, 0.2) is 0 Å². The molecule has 1 atom stereocenters. The van der Waals surface area contributed by atoms with Crippen LogP contribution in [0, 0.1) is 5.41 Å². The molecule has 5 heteroatoms. The second-order valence-corrected chi connectivity index (χ2v) is 5.88. The van der Waals surface area contributed by atoms with Crippen LogP contribution in [0.15, 0.2) is 24.3 Å². The number of amides is 1. The van der Waals surface area contributed by atoms with Crippen molar-refractivity contribution in [2.24, 2.45) is 5.41 Å². The Bertz CT molecular complexity index is 444. The molecule has 1 saturated carbocycles. The average molecular weight is 274 g/mol. The molecule has 1 fully saturated rings. The van der Waals surface area contributed by atoms with Crippen molar-refractivity contribution in [1.82, 2.24) is 0 Å². The lowest BCUT2D eigenvalue weighted by molar-refractivity contribution is -0.120. The molecule has 2 rings (SSSR count). The minimum atomic E-state index is -0.941. The Kier molecular flexibility index (Phi) is 3.00. The molecule has 0 aliphatic heterocycles. The summed E-state index contributed by atoms with van der Waals surface area (Å²) < 4.78 is 4.09. The molecule has 1 amide bonds. The number of ether oxygens (including phenoxy) is 1. The van der Waals surface area contributed by atoms with Gasteiger partial charge in [-0.1, -0.05) is 0 Å². The molecule has 0 aromatic heterocycles. The van der Waals surface area contributed by atoms with Crippen molar-refractivity contribution in [3.8, 4) is 5.75 Å². The highest BCUT2D eigenvalue weighted by Gasteiger charge is 2.67. The first kappa shape index (κ1) is 12.5. The molecule has 0 heterocycles. The third-order valence-corrected chi connectivity index (χ3v) is 4.21. The first-order valence-corrected chi connectivity index (χ1v) is 5.98. The molecule has 17 heavy (non-hydrogen) atoms. The molecular formula is C12H13Cl2NO2. The summed E-state index contributed by atoms with van der Waals surface area (Å²) in [5.74, 6) is 0.581. The van der Waals surface area contributed by atoms with Crippen molar-refractivity contribution in [2.75, 3.05) is 12.4 Å². The van der Waals surface area contributed by atoms with E-state index in [9.17, 15) is 4.79 Å². The smallest absolute Gasteiger partial charge is 0.233 e. The Balaban J connectivity index is 2.04. The highest BCUT2D eigenvalue weighted by molar-refractivity contribution is 6.53. The Morgan fingerprint density at radius 1 is 1.35 bits per heavy atom. The van der Waals surface area contributed by atoms with E-state index in [0.717, 1.165) is 5.75 Å². The normalized spacial score (nSPS) is 25.2. The molecule has 1 N–H and O–H groups in total. The quantitative estimate of drug-likeness (QED) is 0.859. The Morgan fingerprint density at radius 3 is 2.29 bits per heavy atom. The zero-order chi connectivity index (χ0) is 12.7. The van der Waals surface area contributed by atoms with Gasteiger partial charge in [0, 0.05) is 5.69 Å². The highest BCUT2D eigenvalue weighted by Crippen LogP contribution is 2.64. The van der Waals surface area contributed by atoms with Gasteiger partial charge in [0.05, 0.1) is 12.5 Å². The van der Waals surface area contributed by atoms with E-state index in [1.54, 1.807) is 38.3 Å². The fraction of sp³-hybridized carbons (Fsp3) is 0.417. The van der Waals surface area contributed by atoms with Gasteiger partial charge in [0.1, 0.15) is 10.1 Å². The maximum atomic E-state index is 12.0. The maximum Gasteiger partial charge on any atom is 0.233 e. The van der Waals surface area contributed by atoms with Gasteiger partial charge in [0.2, 0.25) is 5.91 Å². The fourth-order valence-electron chi connectivity index (χ4n) is 1.59. The molecule has 0 saturated heterocycles. The minimum absolute atomic E-state index is 0.160. The predicted molar refractivity (Wildman–Crippen MR) is 68.8 cm³/mol. The van der Waals surface area contributed by atoms with Crippen molar-refractivity contribution in [3.63, 3.8) is 0 Å². The molecule has 1 aromatic rings. The van der Waals surface area contributed by atoms with Crippen LogP contribution in [0.25, 0.3) is 0 Å². The summed E-state index contributed by atoms with van der Waals surface area (Å²) in [6.45, 7) is 1.76. The molecule has 1 aliphatic rings. The van der Waals surface area contributed by atoms with E-state index >= 15 is 0 Å². The molecule has 1 aliphatic carbocycles. The fourth-order valence-corrected chi connectivity index (χ4v) is 2.30. The minimum Gasteiger partial charge on any atom is -0.497 e. The van der Waals surface area contributed by atoms with Crippen LogP contribution in [0.5, 0.6) is 5.75 Å². The zero-order valence-electron chi connectivity index (χ0n) is 9.59. The van der Waals surface area contributed by atoms with Crippen LogP contribution < -0.4 is 10.1 Å². The van der Waals surface area contributed by atoms with Crippen molar-refractivity contribution in [2.45, 2.75) is 17.7 Å². The molecule has 0 radical (unpaired) electrons. The number of anilines is 1. The van der Waals surface area contributed by atoms with Gasteiger partial charge < -0.3 is 10.1 Å². The number of methoxy groups -OCH3 is 1. The average Bonchev–Trinajstić information content (AvgIpc) is 2.81. The van der Waals surface area contributed by atoms with Gasteiger partial charge in [0.25, 0.3) is 0 Å². The largest absolute Gasteiger partial charge is 0.497 e. The number of rotatable bonds is 3. The van der Waals surface area contributed by atoms with E-state index in [-0.39, 0.29) is 5.91 Å². The highest BCUT2D eigenvalue weighted by atomic mass is 35.5. The summed E-state index contributed by atoms with van der Waals surface area (Å²) >= 11 is 11.9. The van der Waals surface area contributed by atoms with E-state index in [0.29, 0.717) is 12.1 Å². The lowest BCUT2D eigenvalue weighted by Crippen LogP contribution is -2.25. The number of hydrogen-bond acceptors (Lipinski definition) is 2. The molecular weight excluding hydrogens is 261 g/mol. The molecule has 3 nitrogen and oxygen atoms in total. The monoisotopic (exact) mass is 273 g/mol. The summed E-state index contributed by atoms with van der Waals surface area (Å²) in [4.78, 5) is 12.0. The summed E-state index contributed by atoms with van der Waals surface area (Å²) in [7, 11) is 1.59. The Morgan fingerprint density at radius 2 is 1.88 bits per heavy atom. The van der Waals surface area contributed by atoms with Crippen LogP contribution in [-0.2, 0) is 4.79 Å². The van der Waals surface area contributed by atoms with Crippen LogP contribution in [0.3, 0.4) is 0 Å². The van der Waals surface area contributed by atoms with Gasteiger partial charge in [-0.05, 0) is 37.6 Å². The van der Waals surface area contributed by atoms with Gasteiger partial charge in [-0.15, -0.1) is 23.2 Å². The third-order valence-electron chi connectivity index (χ3n) is 3.11. The third kappa shape index (κ3) is 2.22. The summed E-state index contributed by atoms with van der Waals surface area (Å²) in [6, 6.07) is 7.10. The first-order chi connectivity index (χ1) is 7.89. The predicted octanol–water partition coefficient (Wildman–Crippen LogP) is 3.22. The number of benzene rings is 1. The zero-order valence-corrected chi connectivity index (χ0v) is 11.1. The molecule has 92 valence electrons.